The normalized spacial score (nSPS) is 24.0. The van der Waals surface area contributed by atoms with E-state index in [1.807, 2.05) is 13.0 Å². The SMILES string of the molecule is CC[C@H]1C[C@@H](n2cnc3c(NC(=O)c4ccccc4)ncnc32)[C@H](F)[C@@H]1OP(=S)(OCCC#N)OC[C@H]1C[C@@H](n2cnc3c(NC(=O)c4ccccc4)ncnc32)[C@H](F)[C@@H]1OC(=O)O. The number of benzene rings is 2. The molecule has 64 heavy (non-hydrogen) atoms. The number of aromatic nitrogens is 8. The Kier molecular flexibility index (Phi) is 13.2. The maximum absolute atomic E-state index is 16.9. The zero-order valence-electron chi connectivity index (χ0n) is 33.9. The van der Waals surface area contributed by atoms with Crippen molar-refractivity contribution >= 4 is 70.5 Å². The lowest BCUT2D eigenvalue weighted by Gasteiger charge is -2.30. The smallest absolute Gasteiger partial charge is 0.450 e. The third kappa shape index (κ3) is 9.16. The van der Waals surface area contributed by atoms with E-state index in [1.54, 1.807) is 65.2 Å². The van der Waals surface area contributed by atoms with Gasteiger partial charge in [0.15, 0.2) is 40.1 Å². The Labute approximate surface area is 368 Å². The monoisotopic (exact) mass is 915 g/mol. The molecule has 8 rings (SSSR count). The van der Waals surface area contributed by atoms with Crippen LogP contribution in [0, 0.1) is 23.2 Å². The molecule has 0 spiro atoms. The fourth-order valence-corrected chi connectivity index (χ4v) is 10.3. The van der Waals surface area contributed by atoms with Gasteiger partial charge in [0, 0.05) is 17.0 Å². The lowest BCUT2D eigenvalue weighted by Crippen LogP contribution is -2.33. The Morgan fingerprint density at radius 2 is 1.31 bits per heavy atom. The number of nitrogens with one attached hydrogen (secondary N) is 2. The van der Waals surface area contributed by atoms with Crippen molar-refractivity contribution in [2.45, 2.75) is 69.2 Å². The molecule has 23 heteroatoms. The number of halogens is 2. The summed E-state index contributed by atoms with van der Waals surface area (Å²) in [6.07, 6.45) is -2.40. The molecule has 2 fully saturated rings. The number of amides is 2. The summed E-state index contributed by atoms with van der Waals surface area (Å²) in [7, 11) is 0. The van der Waals surface area contributed by atoms with Crippen LogP contribution < -0.4 is 10.6 Å². The summed E-state index contributed by atoms with van der Waals surface area (Å²) in [5.74, 6) is -2.04. The number of hydrogen-bond acceptors (Lipinski definition) is 15. The van der Waals surface area contributed by atoms with Crippen LogP contribution in [0.1, 0.15) is 65.4 Å². The van der Waals surface area contributed by atoms with Crippen LogP contribution in [0.3, 0.4) is 0 Å². The second kappa shape index (κ2) is 19.2. The molecule has 9 atom stereocenters. The van der Waals surface area contributed by atoms with Gasteiger partial charge < -0.3 is 43.2 Å². The number of nitrogens with zero attached hydrogens (tertiary/aromatic N) is 9. The van der Waals surface area contributed by atoms with E-state index >= 15 is 8.78 Å². The average molecular weight is 916 g/mol. The lowest BCUT2D eigenvalue weighted by atomic mass is 10.0. The largest absolute Gasteiger partial charge is 0.506 e. The van der Waals surface area contributed by atoms with Gasteiger partial charge in [0.2, 0.25) is 0 Å². The van der Waals surface area contributed by atoms with E-state index in [0.717, 1.165) is 0 Å². The first-order valence-corrected chi connectivity index (χ1v) is 22.7. The van der Waals surface area contributed by atoms with Gasteiger partial charge in [0.1, 0.15) is 31.0 Å². The Morgan fingerprint density at radius 1 is 0.797 bits per heavy atom. The molecule has 332 valence electrons. The number of anilines is 2. The number of nitriles is 1. The molecule has 4 heterocycles. The van der Waals surface area contributed by atoms with Gasteiger partial charge in [0.05, 0.1) is 50.4 Å². The minimum absolute atomic E-state index is 0.0635. The highest BCUT2D eigenvalue weighted by atomic mass is 32.5. The summed E-state index contributed by atoms with van der Waals surface area (Å²) < 4.78 is 59.8. The number of imidazole rings is 2. The van der Waals surface area contributed by atoms with Gasteiger partial charge in [-0.15, -0.1) is 0 Å². The number of carbonyl (C=O) groups is 3. The molecule has 0 saturated heterocycles. The number of carbonyl (C=O) groups excluding carboxylic acids is 2. The molecule has 19 nitrogen and oxygen atoms in total. The lowest BCUT2D eigenvalue weighted by molar-refractivity contribution is -0.0113. The molecule has 2 aliphatic rings. The maximum Gasteiger partial charge on any atom is 0.506 e. The number of ether oxygens (including phenoxy) is 1. The molecule has 1 unspecified atom stereocenters. The molecule has 2 aromatic carbocycles. The zero-order valence-corrected chi connectivity index (χ0v) is 35.6. The second-order valence-corrected chi connectivity index (χ2v) is 18.0. The molecule has 2 amide bonds. The van der Waals surface area contributed by atoms with Gasteiger partial charge in [-0.05, 0) is 54.8 Å². The highest BCUT2D eigenvalue weighted by Gasteiger charge is 2.51. The van der Waals surface area contributed by atoms with Crippen molar-refractivity contribution in [3.05, 3.63) is 97.1 Å². The Morgan fingerprint density at radius 3 is 1.81 bits per heavy atom. The highest BCUT2D eigenvalue weighted by Crippen LogP contribution is 2.57. The van der Waals surface area contributed by atoms with Crippen molar-refractivity contribution in [2.75, 3.05) is 23.8 Å². The molecule has 0 bridgehead atoms. The molecular formula is C41H40F2N11O8PS. The van der Waals surface area contributed by atoms with E-state index < -0.39 is 79.8 Å². The van der Waals surface area contributed by atoms with Gasteiger partial charge in [-0.3, -0.25) is 9.59 Å². The molecule has 3 N–H and O–H groups in total. The fraction of sp³-hybridized carbons (Fsp3) is 0.366. The number of carboxylic acid groups (broad SMARTS) is 1. The highest BCUT2D eigenvalue weighted by molar-refractivity contribution is 8.07. The van der Waals surface area contributed by atoms with E-state index in [1.165, 1.54) is 29.9 Å². The van der Waals surface area contributed by atoms with Crippen molar-refractivity contribution in [3.8, 4) is 6.07 Å². The predicted octanol–water partition coefficient (Wildman–Crippen LogP) is 7.00. The van der Waals surface area contributed by atoms with Gasteiger partial charge in [-0.25, -0.2) is 43.5 Å². The van der Waals surface area contributed by atoms with Crippen LogP contribution in [0.25, 0.3) is 22.3 Å². The van der Waals surface area contributed by atoms with Crippen LogP contribution in [0.2, 0.25) is 0 Å². The van der Waals surface area contributed by atoms with Gasteiger partial charge >= 0.3 is 12.9 Å². The first kappa shape index (κ1) is 44.2. The third-order valence-corrected chi connectivity index (χ3v) is 13.6. The van der Waals surface area contributed by atoms with Crippen LogP contribution >= 0.6 is 6.72 Å². The maximum atomic E-state index is 16.9. The summed E-state index contributed by atoms with van der Waals surface area (Å²) in [5, 5.41) is 24.4. The van der Waals surface area contributed by atoms with Crippen LogP contribution in [0.4, 0.5) is 25.2 Å². The molecular weight excluding hydrogens is 876 g/mol. The first-order valence-electron chi connectivity index (χ1n) is 20.2. The Bertz CT molecular complexity index is 2750. The summed E-state index contributed by atoms with van der Waals surface area (Å²) in [6.45, 7) is -2.74. The van der Waals surface area contributed by atoms with Crippen molar-refractivity contribution in [3.63, 3.8) is 0 Å². The van der Waals surface area contributed by atoms with Gasteiger partial charge in [-0.2, -0.15) is 5.26 Å². The zero-order chi connectivity index (χ0) is 45.0. The topological polar surface area (TPSA) is 243 Å². The van der Waals surface area contributed by atoms with E-state index in [-0.39, 0.29) is 59.8 Å². The van der Waals surface area contributed by atoms with Crippen molar-refractivity contribution < 1.29 is 46.6 Å². The Balaban J connectivity index is 1.00. The Hall–Kier alpha value is -6.37. The van der Waals surface area contributed by atoms with E-state index in [0.29, 0.717) is 17.5 Å². The van der Waals surface area contributed by atoms with Crippen LogP contribution in [-0.2, 0) is 30.1 Å². The van der Waals surface area contributed by atoms with E-state index in [9.17, 15) is 24.8 Å². The molecule has 2 saturated carbocycles. The molecule has 4 aromatic heterocycles. The fourth-order valence-electron chi connectivity index (χ4n) is 8.17. The summed E-state index contributed by atoms with van der Waals surface area (Å²) in [6, 6.07) is 17.0. The molecule has 0 aliphatic heterocycles. The van der Waals surface area contributed by atoms with Crippen LogP contribution in [0.15, 0.2) is 86.0 Å². The third-order valence-electron chi connectivity index (χ3n) is 11.3. The van der Waals surface area contributed by atoms with Gasteiger partial charge in [0.25, 0.3) is 11.8 Å². The van der Waals surface area contributed by atoms with Gasteiger partial charge in [-0.1, -0.05) is 49.7 Å². The summed E-state index contributed by atoms with van der Waals surface area (Å²) >= 11 is 5.84. The first-order chi connectivity index (χ1) is 31.0. The number of fused-ring (bicyclic) bond motifs is 2. The summed E-state index contributed by atoms with van der Waals surface area (Å²) in [5.41, 5.74) is 1.62. The molecule has 6 aromatic rings. The number of hydrogen-bond donors (Lipinski definition) is 3. The van der Waals surface area contributed by atoms with E-state index in [2.05, 4.69) is 40.5 Å². The van der Waals surface area contributed by atoms with Crippen molar-refractivity contribution in [2.24, 2.45) is 11.8 Å². The summed E-state index contributed by atoms with van der Waals surface area (Å²) in [4.78, 5) is 63.5. The minimum Gasteiger partial charge on any atom is -0.450 e. The van der Waals surface area contributed by atoms with Crippen LogP contribution in [0.5, 0.6) is 0 Å². The standard InChI is InChI=1S/C41H40F2N11O8PS/c1-2-23-16-27(53-21-49-31-35(45-19-47-37(31)53)51-39(55)24-10-5-3-6-11-24)30(43)34(23)62-63(64,59-15-9-14-44)60-18-26-17-28(29(42)33(26)61-41(57)58)54-22-50-32-36(46-20-48-38(32)54)52-40(56)25-12-7-4-8-13-25/h3-8,10-13,19-23,26-30,33-34H,2,9,15-18H2,1H3,(H,57,58)(H,45,47,51,55)(H,46,48,52,56)/t23-,26+,27+,28+,29-,30-,33+,34+,63?/m0/s1. The predicted molar refractivity (Wildman–Crippen MR) is 228 cm³/mol. The minimum atomic E-state index is -3.95. The van der Waals surface area contributed by atoms with Crippen LogP contribution in [-0.4, -0.2) is 99.9 Å². The number of alkyl halides is 2. The second-order valence-electron chi connectivity index (χ2n) is 15.1. The average Bonchev–Trinajstić information content (AvgIpc) is 4.08. The molecule has 0 radical (unpaired) electrons. The van der Waals surface area contributed by atoms with E-state index in [4.69, 9.17) is 30.1 Å². The number of rotatable bonds is 16. The molecule has 2 aliphatic carbocycles. The van der Waals surface area contributed by atoms with Crippen molar-refractivity contribution in [1.82, 2.24) is 39.0 Å². The quantitative estimate of drug-likeness (QED) is 0.0503. The van der Waals surface area contributed by atoms with Crippen molar-refractivity contribution in [1.29, 1.82) is 5.26 Å².